The van der Waals surface area contributed by atoms with Crippen LogP contribution >= 0.6 is 0 Å². The van der Waals surface area contributed by atoms with Crippen molar-refractivity contribution in [3.63, 3.8) is 0 Å². The first-order valence-corrected chi connectivity index (χ1v) is 20.6. The molecule has 2 aliphatic heterocycles. The molecule has 4 atom stereocenters. The van der Waals surface area contributed by atoms with Gasteiger partial charge in [0.25, 0.3) is 0 Å². The summed E-state index contributed by atoms with van der Waals surface area (Å²) in [6.07, 6.45) is -7.51. The van der Waals surface area contributed by atoms with Gasteiger partial charge in [0, 0.05) is 49.1 Å². The third-order valence-corrected chi connectivity index (χ3v) is 12.8. The number of fused-ring (bicyclic) bond motifs is 3. The van der Waals surface area contributed by atoms with Gasteiger partial charge in [0.15, 0.2) is 0 Å². The van der Waals surface area contributed by atoms with E-state index in [1.807, 2.05) is 24.0 Å². The predicted molar refractivity (Wildman–Crippen MR) is 213 cm³/mol. The van der Waals surface area contributed by atoms with Crippen molar-refractivity contribution in [1.82, 2.24) is 25.5 Å². The fraction of sp³-hybridized carbons (Fsp3) is 0.422. The Bertz CT molecular complexity index is 2590. The number of carbonyl (C=O) groups excluding carboxylic acids is 1. The van der Waals surface area contributed by atoms with Gasteiger partial charge in [-0.3, -0.25) is 14.5 Å². The number of alkyl halides is 6. The molecule has 0 saturated carbocycles. The number of halogens is 6. The summed E-state index contributed by atoms with van der Waals surface area (Å²) in [5, 5.41) is 15.7. The van der Waals surface area contributed by atoms with Crippen molar-refractivity contribution < 1.29 is 54.9 Å². The van der Waals surface area contributed by atoms with Gasteiger partial charge in [-0.1, -0.05) is 36.4 Å². The number of rotatable bonds is 11. The topological polar surface area (TPSA) is 139 Å². The van der Waals surface area contributed by atoms with Gasteiger partial charge in [-0.2, -0.15) is 31.3 Å². The molecular formula is C45H43F6N5O6. The highest BCUT2D eigenvalue weighted by molar-refractivity contribution is 5.90. The quantitative estimate of drug-likeness (QED) is 0.111. The molecule has 3 N–H and O–H groups in total. The van der Waals surface area contributed by atoms with Crippen LogP contribution < -0.4 is 20.1 Å². The molecule has 5 aromatic rings. The van der Waals surface area contributed by atoms with E-state index in [4.69, 9.17) is 13.9 Å². The van der Waals surface area contributed by atoms with Crippen molar-refractivity contribution in [3.8, 4) is 34.2 Å². The smallest absolute Gasteiger partial charge is 0.438 e. The van der Waals surface area contributed by atoms with Gasteiger partial charge in [0.1, 0.15) is 28.7 Å². The van der Waals surface area contributed by atoms with Crippen LogP contribution in [0.4, 0.5) is 26.3 Å². The number of benzene rings is 3. The van der Waals surface area contributed by atoms with Crippen LogP contribution in [0.25, 0.3) is 33.4 Å². The minimum absolute atomic E-state index is 0.0638. The number of amides is 1. The molecule has 2 saturated heterocycles. The first-order chi connectivity index (χ1) is 29.6. The normalized spacial score (nSPS) is 21.4. The molecule has 9 rings (SSSR count). The fourth-order valence-corrected chi connectivity index (χ4v) is 9.83. The maximum absolute atomic E-state index is 14.9. The molecule has 2 aliphatic carbocycles. The molecule has 1 amide bonds. The Morgan fingerprint density at radius 3 is 2.39 bits per heavy atom. The summed E-state index contributed by atoms with van der Waals surface area (Å²) in [5.41, 5.74) is 2.73. The lowest BCUT2D eigenvalue weighted by atomic mass is 9.91. The van der Waals surface area contributed by atoms with Crippen LogP contribution in [-0.4, -0.2) is 64.6 Å². The Hall–Kier alpha value is -5.68. The zero-order valence-corrected chi connectivity index (χ0v) is 33.8. The molecule has 4 aliphatic rings. The van der Waals surface area contributed by atoms with E-state index in [-0.39, 0.29) is 66.0 Å². The number of hydrogen-bond donors (Lipinski definition) is 3. The number of furan rings is 1. The number of carbonyl (C=O) groups is 2. The highest BCUT2D eigenvalue weighted by Gasteiger charge is 2.44. The maximum Gasteiger partial charge on any atom is 0.438 e. The van der Waals surface area contributed by atoms with Crippen LogP contribution in [0.3, 0.4) is 0 Å². The number of likely N-dealkylation sites (tertiary alicyclic amines) is 1. The number of nitrogens with one attached hydrogen (secondary N) is 2. The highest BCUT2D eigenvalue weighted by Crippen LogP contribution is 2.50. The zero-order chi connectivity index (χ0) is 43.7. The third kappa shape index (κ3) is 7.62. The van der Waals surface area contributed by atoms with Crippen molar-refractivity contribution in [2.75, 3.05) is 26.7 Å². The van der Waals surface area contributed by atoms with Crippen LogP contribution in [0.2, 0.25) is 0 Å². The number of aromatic nitrogens is 2. The lowest BCUT2D eigenvalue weighted by Crippen LogP contribution is -2.35. The standard InChI is InChI=1S/C45H43F6N5O6/c1-22-26(5-3-6-27(22)36-18-24-17-32-31(38(39(24)61-36)44(46,47)48)10-12-34(32)56-16-15-23(21-56)43(58)59)28-7-4-8-30-29(28)11-13-35(30)62-42-40(45(49,50)51)54-33(41(55-42)60-2)20-52-19-25-9-14-37(57)53-25/h3-8,17-18,23,25,34-35,52H,9-16,19-21H2,1-2H3,(H,53,57)(H,58,59)/t23-,25-,34-,35+/m1/s1. The second kappa shape index (κ2) is 15.9. The van der Waals surface area contributed by atoms with Crippen molar-refractivity contribution >= 4 is 22.8 Å². The number of nitrogens with zero attached hydrogens (tertiary/aromatic N) is 3. The summed E-state index contributed by atoms with van der Waals surface area (Å²) >= 11 is 0. The van der Waals surface area contributed by atoms with Gasteiger partial charge in [-0.15, -0.1) is 0 Å². The summed E-state index contributed by atoms with van der Waals surface area (Å²) < 4.78 is 106. The fourth-order valence-electron chi connectivity index (χ4n) is 9.83. The van der Waals surface area contributed by atoms with E-state index in [2.05, 4.69) is 20.6 Å². The Morgan fingerprint density at radius 1 is 0.919 bits per heavy atom. The molecule has 3 aromatic carbocycles. The Morgan fingerprint density at radius 2 is 1.68 bits per heavy atom. The molecule has 2 aromatic heterocycles. The summed E-state index contributed by atoms with van der Waals surface area (Å²) in [4.78, 5) is 33.3. The van der Waals surface area contributed by atoms with E-state index in [1.165, 1.54) is 7.11 Å². The number of carboxylic acids is 1. The molecule has 0 bridgehead atoms. The summed E-state index contributed by atoms with van der Waals surface area (Å²) in [6, 6.07) is 13.8. The third-order valence-electron chi connectivity index (χ3n) is 12.8. The molecule has 0 radical (unpaired) electrons. The number of carboxylic acid groups (broad SMARTS) is 1. The zero-order valence-electron chi connectivity index (χ0n) is 33.8. The van der Waals surface area contributed by atoms with Crippen LogP contribution in [0.1, 0.15) is 89.0 Å². The minimum atomic E-state index is -4.90. The number of hydrogen-bond acceptors (Lipinski definition) is 9. The molecular weight excluding hydrogens is 821 g/mol. The average Bonchev–Trinajstić information content (AvgIpc) is 4.07. The molecule has 0 unspecified atom stereocenters. The molecule has 62 heavy (non-hydrogen) atoms. The Balaban J connectivity index is 1.01. The van der Waals surface area contributed by atoms with Crippen LogP contribution in [0.15, 0.2) is 52.9 Å². The van der Waals surface area contributed by atoms with Gasteiger partial charge >= 0.3 is 18.3 Å². The molecule has 17 heteroatoms. The van der Waals surface area contributed by atoms with Crippen LogP contribution in [0, 0.1) is 12.8 Å². The second-order valence-electron chi connectivity index (χ2n) is 16.5. The van der Waals surface area contributed by atoms with E-state index in [1.54, 1.807) is 36.4 Å². The Labute approximate surface area is 351 Å². The summed E-state index contributed by atoms with van der Waals surface area (Å²) in [7, 11) is 1.28. The lowest BCUT2D eigenvalue weighted by Gasteiger charge is -2.25. The van der Waals surface area contributed by atoms with Crippen molar-refractivity contribution in [1.29, 1.82) is 0 Å². The summed E-state index contributed by atoms with van der Waals surface area (Å²) in [6.45, 7) is 2.87. The van der Waals surface area contributed by atoms with Crippen LogP contribution in [0.5, 0.6) is 11.8 Å². The van der Waals surface area contributed by atoms with Gasteiger partial charge in [0.2, 0.25) is 23.4 Å². The monoisotopic (exact) mass is 863 g/mol. The van der Waals surface area contributed by atoms with Crippen LogP contribution in [-0.2, 0) is 41.3 Å². The molecule has 0 spiro atoms. The van der Waals surface area contributed by atoms with E-state index in [9.17, 15) is 41.0 Å². The summed E-state index contributed by atoms with van der Waals surface area (Å²) in [5.74, 6) is -2.14. The van der Waals surface area contributed by atoms with Gasteiger partial charge < -0.3 is 29.6 Å². The average molecular weight is 864 g/mol. The van der Waals surface area contributed by atoms with Crippen molar-refractivity contribution in [2.24, 2.45) is 5.92 Å². The SMILES string of the molecule is COc1nc(O[C@H]2CCc3c(-c4cccc(-c5cc6cc7c(c(C(F)(F)F)c6o5)CC[C@H]7N5CC[C@@H](C(=O)O)C5)c4C)cccc32)c(C(F)(F)F)nc1CNC[C@H]1CCC(=O)N1. The van der Waals surface area contributed by atoms with Gasteiger partial charge in [-0.05, 0) is 103 Å². The van der Waals surface area contributed by atoms with E-state index < -0.39 is 47.5 Å². The number of aliphatic carboxylic acids is 1. The molecule has 326 valence electrons. The van der Waals surface area contributed by atoms with E-state index in [0.717, 1.165) is 22.3 Å². The molecule has 4 heterocycles. The number of ether oxygens (including phenoxy) is 2. The largest absolute Gasteiger partial charge is 0.481 e. The van der Waals surface area contributed by atoms with Crippen molar-refractivity contribution in [3.05, 3.63) is 93.3 Å². The first-order valence-electron chi connectivity index (χ1n) is 20.6. The van der Waals surface area contributed by atoms with Gasteiger partial charge in [-0.25, -0.2) is 4.98 Å². The van der Waals surface area contributed by atoms with E-state index in [0.29, 0.717) is 73.7 Å². The van der Waals surface area contributed by atoms with Crippen molar-refractivity contribution in [2.45, 2.75) is 89.0 Å². The number of methoxy groups -OCH3 is 1. The molecule has 11 nitrogen and oxygen atoms in total. The minimum Gasteiger partial charge on any atom is -0.481 e. The maximum atomic E-state index is 14.9. The first kappa shape index (κ1) is 41.7. The Kier molecular flexibility index (Phi) is 10.7. The highest BCUT2D eigenvalue weighted by atomic mass is 19.4. The van der Waals surface area contributed by atoms with Gasteiger partial charge in [0.05, 0.1) is 13.0 Å². The second-order valence-corrected chi connectivity index (χ2v) is 16.5. The molecule has 2 fully saturated rings. The lowest BCUT2D eigenvalue weighted by molar-refractivity contribution is -0.144. The van der Waals surface area contributed by atoms with E-state index >= 15 is 0 Å². The predicted octanol–water partition coefficient (Wildman–Crippen LogP) is 8.74.